The Hall–Kier alpha value is -2.36. The fourth-order valence-corrected chi connectivity index (χ4v) is 2.94. The minimum atomic E-state index is 0.0945. The highest BCUT2D eigenvalue weighted by Gasteiger charge is 2.27. The summed E-state index contributed by atoms with van der Waals surface area (Å²) in [6, 6.07) is 10.5. The van der Waals surface area contributed by atoms with Crippen LogP contribution in [-0.4, -0.2) is 17.4 Å². The van der Waals surface area contributed by atoms with E-state index in [0.717, 1.165) is 30.0 Å². The first kappa shape index (κ1) is 14.6. The molecule has 22 heavy (non-hydrogen) atoms. The standard InChI is InChI=1S/C18H21N3O/c1-12-4-6-17-15(10-12)16(8-9-21(17)14(3)22)20-18-7-5-13(2)11-19-18/h4-7,10-11,16H,8-9H2,1-3H3,(H,19,20)/t16-/m1/s1. The lowest BCUT2D eigenvalue weighted by Crippen LogP contribution is -2.36. The maximum Gasteiger partial charge on any atom is 0.223 e. The summed E-state index contributed by atoms with van der Waals surface area (Å²) in [5.41, 5.74) is 4.53. The highest BCUT2D eigenvalue weighted by molar-refractivity contribution is 5.93. The van der Waals surface area contributed by atoms with Crippen LogP contribution in [0.1, 0.15) is 36.1 Å². The maximum absolute atomic E-state index is 11.8. The van der Waals surface area contributed by atoms with Crippen LogP contribution in [0.15, 0.2) is 36.5 Å². The van der Waals surface area contributed by atoms with Gasteiger partial charge in [0.15, 0.2) is 0 Å². The van der Waals surface area contributed by atoms with E-state index in [-0.39, 0.29) is 11.9 Å². The van der Waals surface area contributed by atoms with E-state index in [1.165, 1.54) is 11.1 Å². The fraction of sp³-hybridized carbons (Fsp3) is 0.333. The molecule has 1 aliphatic heterocycles. The number of aromatic nitrogens is 1. The number of anilines is 2. The third kappa shape index (κ3) is 2.82. The van der Waals surface area contributed by atoms with E-state index >= 15 is 0 Å². The van der Waals surface area contributed by atoms with Crippen LogP contribution in [0.25, 0.3) is 0 Å². The molecule has 0 fully saturated rings. The van der Waals surface area contributed by atoms with Gasteiger partial charge in [0.2, 0.25) is 5.91 Å². The van der Waals surface area contributed by atoms with E-state index in [4.69, 9.17) is 0 Å². The number of amides is 1. The first-order valence-electron chi connectivity index (χ1n) is 7.62. The summed E-state index contributed by atoms with van der Waals surface area (Å²) in [4.78, 5) is 18.1. The van der Waals surface area contributed by atoms with Crippen molar-refractivity contribution >= 4 is 17.4 Å². The van der Waals surface area contributed by atoms with Crippen LogP contribution in [0.2, 0.25) is 0 Å². The molecule has 1 N–H and O–H groups in total. The summed E-state index contributed by atoms with van der Waals surface area (Å²) in [5, 5.41) is 3.50. The van der Waals surface area contributed by atoms with Crippen molar-refractivity contribution in [3.05, 3.63) is 53.2 Å². The smallest absolute Gasteiger partial charge is 0.223 e. The Labute approximate surface area is 131 Å². The Morgan fingerprint density at radius 2 is 2.00 bits per heavy atom. The number of pyridine rings is 1. The zero-order valence-corrected chi connectivity index (χ0v) is 13.3. The summed E-state index contributed by atoms with van der Waals surface area (Å²) in [6.45, 7) is 6.46. The second kappa shape index (κ2) is 5.79. The largest absolute Gasteiger partial charge is 0.363 e. The number of aryl methyl sites for hydroxylation is 2. The topological polar surface area (TPSA) is 45.2 Å². The summed E-state index contributed by atoms with van der Waals surface area (Å²) >= 11 is 0. The molecule has 1 aliphatic rings. The Morgan fingerprint density at radius 1 is 1.23 bits per heavy atom. The van der Waals surface area contributed by atoms with Crippen LogP contribution >= 0.6 is 0 Å². The number of carbonyl (C=O) groups excluding carboxylic acids is 1. The van der Waals surface area contributed by atoms with Crippen molar-refractivity contribution in [2.75, 3.05) is 16.8 Å². The van der Waals surface area contributed by atoms with Gasteiger partial charge in [-0.2, -0.15) is 0 Å². The number of benzene rings is 1. The van der Waals surface area contributed by atoms with Gasteiger partial charge in [0.1, 0.15) is 5.82 Å². The molecule has 1 aromatic heterocycles. The number of hydrogen-bond donors (Lipinski definition) is 1. The van der Waals surface area contributed by atoms with Crippen molar-refractivity contribution in [3.8, 4) is 0 Å². The average molecular weight is 295 g/mol. The number of rotatable bonds is 2. The third-order valence-electron chi connectivity index (χ3n) is 4.10. The van der Waals surface area contributed by atoms with Crippen molar-refractivity contribution in [1.82, 2.24) is 4.98 Å². The van der Waals surface area contributed by atoms with E-state index < -0.39 is 0 Å². The van der Waals surface area contributed by atoms with Crippen LogP contribution in [0.4, 0.5) is 11.5 Å². The van der Waals surface area contributed by atoms with Gasteiger partial charge in [0.25, 0.3) is 0 Å². The molecule has 4 nitrogen and oxygen atoms in total. The Bertz CT molecular complexity index is 694. The summed E-state index contributed by atoms with van der Waals surface area (Å²) in [7, 11) is 0. The molecule has 0 radical (unpaired) electrons. The predicted octanol–water partition coefficient (Wildman–Crippen LogP) is 3.61. The van der Waals surface area contributed by atoms with Gasteiger partial charge in [-0.1, -0.05) is 23.8 Å². The zero-order valence-electron chi connectivity index (χ0n) is 13.3. The molecule has 114 valence electrons. The van der Waals surface area contributed by atoms with E-state index in [1.54, 1.807) is 6.92 Å². The van der Waals surface area contributed by atoms with Crippen molar-refractivity contribution in [2.24, 2.45) is 0 Å². The van der Waals surface area contributed by atoms with Crippen molar-refractivity contribution in [3.63, 3.8) is 0 Å². The highest BCUT2D eigenvalue weighted by atomic mass is 16.2. The van der Waals surface area contributed by atoms with Gasteiger partial charge < -0.3 is 10.2 Å². The molecule has 0 spiro atoms. The van der Waals surface area contributed by atoms with Gasteiger partial charge in [-0.05, 0) is 43.5 Å². The van der Waals surface area contributed by atoms with E-state index in [0.29, 0.717) is 0 Å². The summed E-state index contributed by atoms with van der Waals surface area (Å²) in [5.74, 6) is 0.969. The predicted molar refractivity (Wildman–Crippen MR) is 89.2 cm³/mol. The van der Waals surface area contributed by atoms with Crippen LogP contribution in [0, 0.1) is 13.8 Å². The summed E-state index contributed by atoms with van der Waals surface area (Å²) in [6.07, 6.45) is 2.75. The van der Waals surface area contributed by atoms with E-state index in [9.17, 15) is 4.79 Å². The van der Waals surface area contributed by atoms with E-state index in [2.05, 4.69) is 35.4 Å². The molecule has 2 aromatic rings. The van der Waals surface area contributed by atoms with Gasteiger partial charge in [0, 0.05) is 25.4 Å². The number of hydrogen-bond acceptors (Lipinski definition) is 3. The minimum Gasteiger partial charge on any atom is -0.363 e. The fourth-order valence-electron chi connectivity index (χ4n) is 2.94. The van der Waals surface area contributed by atoms with Gasteiger partial charge >= 0.3 is 0 Å². The van der Waals surface area contributed by atoms with Crippen molar-refractivity contribution < 1.29 is 4.79 Å². The number of fused-ring (bicyclic) bond motifs is 1. The highest BCUT2D eigenvalue weighted by Crippen LogP contribution is 2.36. The maximum atomic E-state index is 11.8. The molecule has 0 bridgehead atoms. The van der Waals surface area contributed by atoms with Crippen LogP contribution < -0.4 is 10.2 Å². The minimum absolute atomic E-state index is 0.0945. The molecule has 0 unspecified atom stereocenters. The number of nitrogens with zero attached hydrogens (tertiary/aromatic N) is 2. The Morgan fingerprint density at radius 3 is 2.68 bits per heavy atom. The lowest BCUT2D eigenvalue weighted by molar-refractivity contribution is -0.116. The van der Waals surface area contributed by atoms with Crippen molar-refractivity contribution in [2.45, 2.75) is 33.2 Å². The first-order chi connectivity index (χ1) is 10.5. The SMILES string of the molecule is CC(=O)N1CC[C@@H](Nc2ccc(C)cn2)c2cc(C)ccc21. The molecule has 0 aliphatic carbocycles. The van der Waals surface area contributed by atoms with E-state index in [1.807, 2.05) is 30.2 Å². The van der Waals surface area contributed by atoms with Gasteiger partial charge in [0.05, 0.1) is 6.04 Å². The molecular formula is C18H21N3O. The third-order valence-corrected chi connectivity index (χ3v) is 4.10. The van der Waals surface area contributed by atoms with Gasteiger partial charge in [-0.3, -0.25) is 4.79 Å². The molecule has 4 heteroatoms. The quantitative estimate of drug-likeness (QED) is 0.920. The molecular weight excluding hydrogens is 274 g/mol. The molecule has 0 saturated carbocycles. The molecule has 3 rings (SSSR count). The van der Waals surface area contributed by atoms with Crippen LogP contribution in [0.3, 0.4) is 0 Å². The number of nitrogens with one attached hydrogen (secondary N) is 1. The molecule has 1 atom stereocenters. The number of carbonyl (C=O) groups is 1. The first-order valence-corrected chi connectivity index (χ1v) is 7.62. The van der Waals surface area contributed by atoms with Crippen LogP contribution in [0.5, 0.6) is 0 Å². The van der Waals surface area contributed by atoms with Gasteiger partial charge in [-0.15, -0.1) is 0 Å². The zero-order chi connectivity index (χ0) is 15.7. The van der Waals surface area contributed by atoms with Crippen LogP contribution in [-0.2, 0) is 4.79 Å². The Balaban J connectivity index is 1.93. The lowest BCUT2D eigenvalue weighted by Gasteiger charge is -2.34. The normalized spacial score (nSPS) is 17.0. The summed E-state index contributed by atoms with van der Waals surface area (Å²) < 4.78 is 0. The van der Waals surface area contributed by atoms with Crippen molar-refractivity contribution in [1.29, 1.82) is 0 Å². The lowest BCUT2D eigenvalue weighted by atomic mass is 9.94. The second-order valence-electron chi connectivity index (χ2n) is 5.94. The molecule has 1 aromatic carbocycles. The molecule has 0 saturated heterocycles. The average Bonchev–Trinajstić information content (AvgIpc) is 2.49. The molecule has 2 heterocycles. The monoisotopic (exact) mass is 295 g/mol. The molecule has 1 amide bonds. The second-order valence-corrected chi connectivity index (χ2v) is 5.94. The Kier molecular flexibility index (Phi) is 3.84. The van der Waals surface area contributed by atoms with Gasteiger partial charge in [-0.25, -0.2) is 4.98 Å².